The Balaban J connectivity index is 1.92. The molecule has 0 bridgehead atoms. The van der Waals surface area contributed by atoms with Crippen LogP contribution in [0.5, 0.6) is 0 Å². The van der Waals surface area contributed by atoms with Crippen molar-refractivity contribution >= 4 is 5.97 Å². The van der Waals surface area contributed by atoms with Crippen LogP contribution in [0.1, 0.15) is 36.0 Å². The van der Waals surface area contributed by atoms with E-state index >= 15 is 0 Å². The van der Waals surface area contributed by atoms with Crippen molar-refractivity contribution in [2.45, 2.75) is 37.9 Å². The molecule has 0 amide bonds. The molecule has 1 aliphatic rings. The fourth-order valence-electron chi connectivity index (χ4n) is 2.02. The maximum atomic E-state index is 11.7. The minimum Gasteiger partial charge on any atom is -0.459 e. The zero-order valence-corrected chi connectivity index (χ0v) is 9.13. The van der Waals surface area contributed by atoms with Gasteiger partial charge in [-0.1, -0.05) is 18.2 Å². The maximum absolute atomic E-state index is 11.7. The quantitative estimate of drug-likeness (QED) is 0.777. The van der Waals surface area contributed by atoms with E-state index < -0.39 is 0 Å². The summed E-state index contributed by atoms with van der Waals surface area (Å²) in [5, 5.41) is 9.47. The summed E-state index contributed by atoms with van der Waals surface area (Å²) in [6, 6.07) is 8.96. The van der Waals surface area contributed by atoms with Crippen molar-refractivity contribution in [1.82, 2.24) is 0 Å². The Morgan fingerprint density at radius 1 is 1.25 bits per heavy atom. The molecule has 1 aromatic carbocycles. The highest BCUT2D eigenvalue weighted by Gasteiger charge is 2.23. The summed E-state index contributed by atoms with van der Waals surface area (Å²) in [5.41, 5.74) is 0.572. The van der Waals surface area contributed by atoms with Gasteiger partial charge in [0.05, 0.1) is 11.7 Å². The first-order valence-electron chi connectivity index (χ1n) is 5.70. The van der Waals surface area contributed by atoms with Crippen molar-refractivity contribution in [3.8, 4) is 0 Å². The van der Waals surface area contributed by atoms with Crippen LogP contribution in [0.25, 0.3) is 0 Å². The van der Waals surface area contributed by atoms with Gasteiger partial charge in [0.2, 0.25) is 0 Å². The molecule has 2 rings (SSSR count). The molecule has 1 fully saturated rings. The van der Waals surface area contributed by atoms with Crippen molar-refractivity contribution in [3.05, 3.63) is 35.9 Å². The SMILES string of the molecule is O=C(O[C@H]1CCC[C@H](O)C1)c1ccccc1. The Morgan fingerprint density at radius 2 is 2.00 bits per heavy atom. The van der Waals surface area contributed by atoms with Gasteiger partial charge in [0, 0.05) is 6.42 Å². The number of carbonyl (C=O) groups excluding carboxylic acids is 1. The van der Waals surface area contributed by atoms with Crippen LogP contribution in [0.3, 0.4) is 0 Å². The van der Waals surface area contributed by atoms with Gasteiger partial charge < -0.3 is 9.84 Å². The minimum absolute atomic E-state index is 0.128. The monoisotopic (exact) mass is 220 g/mol. The van der Waals surface area contributed by atoms with Gasteiger partial charge in [-0.25, -0.2) is 4.79 Å². The molecule has 2 atom stereocenters. The Labute approximate surface area is 95.0 Å². The molecule has 0 unspecified atom stereocenters. The molecule has 3 heteroatoms. The fourth-order valence-corrected chi connectivity index (χ4v) is 2.02. The number of hydrogen-bond acceptors (Lipinski definition) is 3. The van der Waals surface area contributed by atoms with Crippen molar-refractivity contribution in [2.24, 2.45) is 0 Å². The minimum atomic E-state index is -0.317. The van der Waals surface area contributed by atoms with Crippen LogP contribution in [0.2, 0.25) is 0 Å². The Morgan fingerprint density at radius 3 is 2.69 bits per heavy atom. The van der Waals surface area contributed by atoms with Gasteiger partial charge in [-0.2, -0.15) is 0 Å². The van der Waals surface area contributed by atoms with Gasteiger partial charge in [-0.15, -0.1) is 0 Å². The van der Waals surface area contributed by atoms with Gasteiger partial charge in [-0.3, -0.25) is 0 Å². The number of esters is 1. The molecule has 0 aromatic heterocycles. The highest BCUT2D eigenvalue weighted by molar-refractivity contribution is 5.89. The lowest BCUT2D eigenvalue weighted by Gasteiger charge is -2.25. The molecule has 1 N–H and O–H groups in total. The zero-order chi connectivity index (χ0) is 11.4. The lowest BCUT2D eigenvalue weighted by molar-refractivity contribution is -0.00223. The first-order valence-corrected chi connectivity index (χ1v) is 5.70. The number of ether oxygens (including phenoxy) is 1. The smallest absolute Gasteiger partial charge is 0.338 e. The third kappa shape index (κ3) is 2.83. The highest BCUT2D eigenvalue weighted by atomic mass is 16.5. The summed E-state index contributed by atoms with van der Waals surface area (Å²) in [7, 11) is 0. The molecule has 0 saturated heterocycles. The molecule has 0 heterocycles. The predicted octanol–water partition coefficient (Wildman–Crippen LogP) is 2.15. The van der Waals surface area contributed by atoms with E-state index in [-0.39, 0.29) is 18.2 Å². The molecule has 0 spiro atoms. The summed E-state index contributed by atoms with van der Waals surface area (Å²) in [6.45, 7) is 0. The van der Waals surface area contributed by atoms with E-state index in [0.717, 1.165) is 19.3 Å². The second-order valence-corrected chi connectivity index (χ2v) is 4.21. The van der Waals surface area contributed by atoms with Gasteiger partial charge in [-0.05, 0) is 31.4 Å². The van der Waals surface area contributed by atoms with Crippen LogP contribution in [-0.4, -0.2) is 23.3 Å². The molecule has 16 heavy (non-hydrogen) atoms. The highest BCUT2D eigenvalue weighted by Crippen LogP contribution is 2.21. The van der Waals surface area contributed by atoms with Crippen molar-refractivity contribution in [2.75, 3.05) is 0 Å². The first kappa shape index (κ1) is 11.1. The molecular weight excluding hydrogens is 204 g/mol. The molecule has 3 nitrogen and oxygen atoms in total. The summed E-state index contributed by atoms with van der Waals surface area (Å²) in [6.07, 6.45) is 2.72. The average Bonchev–Trinajstić information content (AvgIpc) is 2.30. The molecule has 1 aliphatic carbocycles. The number of aliphatic hydroxyl groups excluding tert-OH is 1. The van der Waals surface area contributed by atoms with Crippen molar-refractivity contribution in [3.63, 3.8) is 0 Å². The molecule has 86 valence electrons. The van der Waals surface area contributed by atoms with Crippen LogP contribution in [0, 0.1) is 0 Å². The number of aliphatic hydroxyl groups is 1. The Kier molecular flexibility index (Phi) is 3.57. The average molecular weight is 220 g/mol. The third-order valence-electron chi connectivity index (χ3n) is 2.88. The van der Waals surface area contributed by atoms with Gasteiger partial charge in [0.1, 0.15) is 6.10 Å². The van der Waals surface area contributed by atoms with E-state index in [1.807, 2.05) is 18.2 Å². The Bertz CT molecular complexity index is 347. The molecule has 0 aliphatic heterocycles. The van der Waals surface area contributed by atoms with Crippen molar-refractivity contribution < 1.29 is 14.6 Å². The second kappa shape index (κ2) is 5.12. The van der Waals surface area contributed by atoms with E-state index in [2.05, 4.69) is 0 Å². The van der Waals surface area contributed by atoms with E-state index in [1.165, 1.54) is 0 Å². The Hall–Kier alpha value is -1.35. The molecular formula is C13H16O3. The summed E-state index contributed by atoms with van der Waals surface area (Å²) in [4.78, 5) is 11.7. The van der Waals surface area contributed by atoms with Crippen LogP contribution in [0.15, 0.2) is 30.3 Å². The van der Waals surface area contributed by atoms with E-state index in [0.29, 0.717) is 12.0 Å². The van der Waals surface area contributed by atoms with Crippen LogP contribution < -0.4 is 0 Å². The predicted molar refractivity (Wildman–Crippen MR) is 60.1 cm³/mol. The maximum Gasteiger partial charge on any atom is 0.338 e. The van der Waals surface area contributed by atoms with Crippen LogP contribution in [-0.2, 0) is 4.74 Å². The standard InChI is InChI=1S/C13H16O3/c14-11-7-4-8-12(9-11)16-13(15)10-5-2-1-3-6-10/h1-3,5-6,11-12,14H,4,7-9H2/t11-,12-/m0/s1. The topological polar surface area (TPSA) is 46.5 Å². The zero-order valence-electron chi connectivity index (χ0n) is 9.13. The first-order chi connectivity index (χ1) is 7.75. The second-order valence-electron chi connectivity index (χ2n) is 4.21. The largest absolute Gasteiger partial charge is 0.459 e. The molecule has 0 radical (unpaired) electrons. The number of hydrogen-bond donors (Lipinski definition) is 1. The number of carbonyl (C=O) groups is 1. The lowest BCUT2D eigenvalue weighted by Crippen LogP contribution is -2.28. The number of rotatable bonds is 2. The molecule has 1 aromatic rings. The lowest BCUT2D eigenvalue weighted by atomic mass is 9.95. The van der Waals surface area contributed by atoms with E-state index in [9.17, 15) is 9.90 Å². The summed E-state index contributed by atoms with van der Waals surface area (Å²) < 4.78 is 5.35. The van der Waals surface area contributed by atoms with E-state index in [1.54, 1.807) is 12.1 Å². The summed E-state index contributed by atoms with van der Waals surface area (Å²) in [5.74, 6) is -0.292. The fraction of sp³-hybridized carbons (Fsp3) is 0.462. The van der Waals surface area contributed by atoms with Gasteiger partial charge in [0.15, 0.2) is 0 Å². The third-order valence-corrected chi connectivity index (χ3v) is 2.88. The molecule has 1 saturated carbocycles. The van der Waals surface area contributed by atoms with Crippen LogP contribution in [0.4, 0.5) is 0 Å². The summed E-state index contributed by atoms with van der Waals surface area (Å²) >= 11 is 0. The van der Waals surface area contributed by atoms with Gasteiger partial charge in [0.25, 0.3) is 0 Å². The van der Waals surface area contributed by atoms with Crippen molar-refractivity contribution in [1.29, 1.82) is 0 Å². The van der Waals surface area contributed by atoms with Gasteiger partial charge >= 0.3 is 5.97 Å². The van der Waals surface area contributed by atoms with Crippen LogP contribution >= 0.6 is 0 Å². The van der Waals surface area contributed by atoms with E-state index in [4.69, 9.17) is 4.74 Å². The number of benzene rings is 1. The normalized spacial score (nSPS) is 25.1.